The van der Waals surface area contributed by atoms with Crippen LogP contribution in [0.2, 0.25) is 0 Å². The first-order valence-corrected chi connectivity index (χ1v) is 10.6. The van der Waals surface area contributed by atoms with Gasteiger partial charge in [-0.25, -0.2) is 9.59 Å². The molecule has 0 spiro atoms. The highest BCUT2D eigenvalue weighted by molar-refractivity contribution is 6.26. The summed E-state index contributed by atoms with van der Waals surface area (Å²) >= 11 is 0. The van der Waals surface area contributed by atoms with Crippen molar-refractivity contribution in [2.75, 3.05) is 6.54 Å². The van der Waals surface area contributed by atoms with Crippen LogP contribution in [0.25, 0.3) is 0 Å². The highest BCUT2D eigenvalue weighted by Crippen LogP contribution is 2.39. The molecule has 9 nitrogen and oxygen atoms in total. The number of aliphatic carboxylic acids is 2. The normalized spacial score (nSPS) is 19.5. The predicted octanol–water partition coefficient (Wildman–Crippen LogP) is 2.71. The van der Waals surface area contributed by atoms with E-state index in [-0.39, 0.29) is 17.6 Å². The number of ketones is 1. The summed E-state index contributed by atoms with van der Waals surface area (Å²) in [5.41, 5.74) is 1.87. The van der Waals surface area contributed by atoms with Gasteiger partial charge in [-0.1, -0.05) is 37.3 Å². The summed E-state index contributed by atoms with van der Waals surface area (Å²) in [6.07, 6.45) is 3.73. The van der Waals surface area contributed by atoms with Crippen LogP contribution in [0.15, 0.2) is 76.8 Å². The van der Waals surface area contributed by atoms with Gasteiger partial charge in [-0.05, 0) is 37.0 Å². The number of nitrogens with one attached hydrogen (secondary N) is 1. The number of Topliss-reactive ketones (excluding diaryl/α,β-unsaturated/α-hetero) is 1. The van der Waals surface area contributed by atoms with Crippen molar-refractivity contribution in [3.8, 4) is 0 Å². The molecule has 1 aliphatic heterocycles. The van der Waals surface area contributed by atoms with Crippen LogP contribution in [0.4, 0.5) is 0 Å². The Kier molecular flexibility index (Phi) is 8.94. The number of amides is 1. The van der Waals surface area contributed by atoms with Crippen molar-refractivity contribution in [2.45, 2.75) is 33.3 Å². The number of benzene rings is 1. The van der Waals surface area contributed by atoms with Gasteiger partial charge in [-0.2, -0.15) is 0 Å². The van der Waals surface area contributed by atoms with Crippen molar-refractivity contribution >= 4 is 23.6 Å². The molecule has 0 radical (unpaired) electrons. The molecule has 2 atom stereocenters. The summed E-state index contributed by atoms with van der Waals surface area (Å²) in [7, 11) is 0. The number of carbonyl (C=O) groups excluding carboxylic acids is 2. The Hall–Kier alpha value is -4.14. The van der Waals surface area contributed by atoms with Crippen LogP contribution < -0.4 is 5.32 Å². The van der Waals surface area contributed by atoms with E-state index < -0.39 is 35.0 Å². The van der Waals surface area contributed by atoms with Gasteiger partial charge in [0.2, 0.25) is 11.7 Å². The highest BCUT2D eigenvalue weighted by Gasteiger charge is 2.39. The average Bonchev–Trinajstić information content (AvgIpc) is 2.79. The lowest BCUT2D eigenvalue weighted by molar-refractivity contribution is -0.135. The molecule has 0 fully saturated rings. The lowest BCUT2D eigenvalue weighted by Gasteiger charge is -2.32. The molecule has 4 N–H and O–H groups in total. The van der Waals surface area contributed by atoms with Crippen LogP contribution in [0, 0.1) is 5.92 Å². The van der Waals surface area contributed by atoms with E-state index in [9.17, 15) is 24.3 Å². The van der Waals surface area contributed by atoms with E-state index in [4.69, 9.17) is 14.9 Å². The second-order valence-corrected chi connectivity index (χ2v) is 7.76. The topological polar surface area (TPSA) is 150 Å². The minimum Gasteiger partial charge on any atom is -0.507 e. The fourth-order valence-electron chi connectivity index (χ4n) is 3.49. The zero-order chi connectivity index (χ0) is 25.4. The first-order chi connectivity index (χ1) is 16.0. The van der Waals surface area contributed by atoms with Crippen LogP contribution in [0.5, 0.6) is 0 Å². The third-order valence-electron chi connectivity index (χ3n) is 5.46. The number of hydrogen-bond donors (Lipinski definition) is 4. The molecule has 1 aromatic carbocycles. The molecule has 1 aromatic rings. The molecule has 0 unspecified atom stereocenters. The summed E-state index contributed by atoms with van der Waals surface area (Å²) in [5, 5.41) is 29.7. The van der Waals surface area contributed by atoms with Crippen LogP contribution in [0.1, 0.15) is 26.3 Å². The molecule has 0 bridgehead atoms. The lowest BCUT2D eigenvalue weighted by atomic mass is 9.78. The molecule has 1 aliphatic carbocycles. The van der Waals surface area contributed by atoms with E-state index in [0.717, 1.165) is 24.1 Å². The third kappa shape index (κ3) is 6.44. The van der Waals surface area contributed by atoms with Crippen molar-refractivity contribution in [1.82, 2.24) is 5.32 Å². The number of carbonyl (C=O) groups is 4. The zero-order valence-corrected chi connectivity index (χ0v) is 19.1. The zero-order valence-electron chi connectivity index (χ0n) is 19.1. The minimum atomic E-state index is -1.43. The quantitative estimate of drug-likeness (QED) is 0.367. The van der Waals surface area contributed by atoms with Gasteiger partial charge in [0.1, 0.15) is 17.4 Å². The second kappa shape index (κ2) is 11.6. The van der Waals surface area contributed by atoms with E-state index in [0.29, 0.717) is 17.7 Å². The van der Waals surface area contributed by atoms with Gasteiger partial charge >= 0.3 is 11.9 Å². The van der Waals surface area contributed by atoms with Crippen LogP contribution in [-0.2, 0) is 30.3 Å². The molecule has 34 heavy (non-hydrogen) atoms. The van der Waals surface area contributed by atoms with Gasteiger partial charge in [-0.15, -0.1) is 0 Å². The van der Waals surface area contributed by atoms with Crippen molar-refractivity contribution < 1.29 is 39.2 Å². The van der Waals surface area contributed by atoms with E-state index in [2.05, 4.69) is 5.32 Å². The van der Waals surface area contributed by atoms with Gasteiger partial charge in [-0.3, -0.25) is 9.59 Å². The number of carboxylic acid groups (broad SMARTS) is 2. The molecule has 0 aromatic heterocycles. The van der Waals surface area contributed by atoms with Gasteiger partial charge in [0.05, 0.1) is 11.8 Å². The summed E-state index contributed by atoms with van der Waals surface area (Å²) in [6.45, 7) is 5.84. The van der Waals surface area contributed by atoms with Crippen LogP contribution in [0.3, 0.4) is 0 Å². The van der Waals surface area contributed by atoms with Crippen molar-refractivity contribution in [3.05, 3.63) is 82.4 Å². The number of allylic oxidation sites excluding steroid dienone is 2. The minimum absolute atomic E-state index is 0.0774. The first-order valence-electron chi connectivity index (χ1n) is 10.6. The van der Waals surface area contributed by atoms with Gasteiger partial charge in [0.25, 0.3) is 0 Å². The van der Waals surface area contributed by atoms with Gasteiger partial charge < -0.3 is 25.4 Å². The SMILES string of the molecule is CC1=C2C(=CO[C@H](C)[C@H]2C)C(=O)C(C(=O)O)=C1O.O=C(O)/C=C\C(=O)NCCc1ccccc1. The molecule has 3 rings (SSSR count). The smallest absolute Gasteiger partial charge is 0.343 e. The van der Waals surface area contributed by atoms with E-state index in [1.165, 1.54) is 6.26 Å². The third-order valence-corrected chi connectivity index (χ3v) is 5.46. The van der Waals surface area contributed by atoms with Crippen molar-refractivity contribution in [1.29, 1.82) is 0 Å². The molecule has 1 amide bonds. The highest BCUT2D eigenvalue weighted by atomic mass is 16.5. The fourth-order valence-corrected chi connectivity index (χ4v) is 3.49. The Bertz CT molecular complexity index is 1100. The number of rotatable bonds is 6. The summed E-state index contributed by atoms with van der Waals surface area (Å²) in [5.74, 6) is -4.16. The van der Waals surface area contributed by atoms with E-state index >= 15 is 0 Å². The summed E-state index contributed by atoms with van der Waals surface area (Å²) in [6, 6.07) is 9.74. The number of aliphatic hydroxyl groups is 1. The van der Waals surface area contributed by atoms with Gasteiger partial charge in [0, 0.05) is 24.6 Å². The molecule has 1 heterocycles. The van der Waals surface area contributed by atoms with Crippen LogP contribution >= 0.6 is 0 Å². The Morgan fingerprint density at radius 1 is 1.09 bits per heavy atom. The monoisotopic (exact) mass is 469 g/mol. The van der Waals surface area contributed by atoms with E-state index in [1.54, 1.807) is 6.92 Å². The number of carboxylic acids is 2. The van der Waals surface area contributed by atoms with Crippen molar-refractivity contribution in [2.24, 2.45) is 5.92 Å². The maximum atomic E-state index is 12.0. The summed E-state index contributed by atoms with van der Waals surface area (Å²) in [4.78, 5) is 44.2. The number of fused-ring (bicyclic) bond motifs is 1. The molecule has 0 saturated heterocycles. The van der Waals surface area contributed by atoms with Crippen LogP contribution in [-0.4, -0.2) is 51.6 Å². The number of ether oxygens (including phenoxy) is 1. The molecule has 0 saturated carbocycles. The number of aliphatic hydroxyl groups excluding tert-OH is 1. The average molecular weight is 469 g/mol. The first kappa shape index (κ1) is 26.1. The maximum Gasteiger partial charge on any atom is 0.343 e. The Balaban J connectivity index is 0.000000242. The molecule has 180 valence electrons. The Morgan fingerprint density at radius 2 is 1.74 bits per heavy atom. The fraction of sp³-hybridized carbons (Fsp3) is 0.280. The lowest BCUT2D eigenvalue weighted by Crippen LogP contribution is -2.32. The second-order valence-electron chi connectivity index (χ2n) is 7.76. The molecule has 2 aliphatic rings. The van der Waals surface area contributed by atoms with Crippen molar-refractivity contribution in [3.63, 3.8) is 0 Å². The maximum absolute atomic E-state index is 12.0. The Labute approximate surface area is 196 Å². The Morgan fingerprint density at radius 3 is 2.32 bits per heavy atom. The van der Waals surface area contributed by atoms with E-state index in [1.807, 2.05) is 44.2 Å². The van der Waals surface area contributed by atoms with Gasteiger partial charge in [0.15, 0.2) is 0 Å². The number of hydrogen-bond acceptors (Lipinski definition) is 6. The molecular formula is C25H27NO8. The largest absolute Gasteiger partial charge is 0.507 e. The molecular weight excluding hydrogens is 442 g/mol. The predicted molar refractivity (Wildman–Crippen MR) is 123 cm³/mol. The molecule has 9 heteroatoms. The standard InChI is InChI=1S/C13H14O5.C12H13NO3/c1-5-7(3)18-4-8-9(5)6(2)11(14)10(12(8)15)13(16)17;14-11(6-7-12(15)16)13-9-8-10-4-2-1-3-5-10/h4-5,7,14H,1-3H3,(H,16,17);1-7H,8-9H2,(H,13,14)(H,15,16)/b;7-6-/t5-,7-;/m1./s1. The summed E-state index contributed by atoms with van der Waals surface area (Å²) < 4.78 is 5.33.